The lowest BCUT2D eigenvalue weighted by molar-refractivity contribution is -0.141. The average Bonchev–Trinajstić information content (AvgIpc) is 2.60. The van der Waals surface area contributed by atoms with E-state index in [1.54, 1.807) is 13.8 Å². The molecular formula is C16H38N4O10. The second-order valence-corrected chi connectivity index (χ2v) is 6.41. The van der Waals surface area contributed by atoms with Crippen molar-refractivity contribution in [3.05, 3.63) is 0 Å². The Kier molecular flexibility index (Phi) is 22.6. The first-order valence-corrected chi connectivity index (χ1v) is 8.74. The van der Waals surface area contributed by atoms with Gasteiger partial charge in [0.05, 0.1) is 24.4 Å². The van der Waals surface area contributed by atoms with Gasteiger partial charge in [-0.3, -0.25) is 14.4 Å². The van der Waals surface area contributed by atoms with Gasteiger partial charge in [-0.25, -0.2) is 0 Å². The van der Waals surface area contributed by atoms with Crippen LogP contribution in [0.15, 0.2) is 0 Å². The fraction of sp³-hybridized carbons (Fsp3) is 0.812. The first-order chi connectivity index (χ1) is 13.3. The second-order valence-electron chi connectivity index (χ2n) is 6.41. The van der Waals surface area contributed by atoms with E-state index in [4.69, 9.17) is 58.7 Å². The van der Waals surface area contributed by atoms with Crippen LogP contribution in [0.1, 0.15) is 34.6 Å². The average molecular weight is 446 g/mol. The summed E-state index contributed by atoms with van der Waals surface area (Å²) in [5, 5.41) is 58.2. The predicted molar refractivity (Wildman–Crippen MR) is 107 cm³/mol. The summed E-state index contributed by atoms with van der Waals surface area (Å²) in [6, 6.07) is -3.56. The van der Waals surface area contributed by atoms with Crippen LogP contribution in [0.2, 0.25) is 0 Å². The summed E-state index contributed by atoms with van der Waals surface area (Å²) in [6.45, 7) is 7.44. The van der Waals surface area contributed by atoms with E-state index < -0.39 is 54.3 Å². The molecule has 0 aromatic rings. The van der Waals surface area contributed by atoms with Crippen LogP contribution >= 0.6 is 0 Å². The molecule has 0 aliphatic heterocycles. The lowest BCUT2D eigenvalue weighted by Crippen LogP contribution is -2.39. The van der Waals surface area contributed by atoms with E-state index in [0.29, 0.717) is 0 Å². The van der Waals surface area contributed by atoms with E-state index in [0.717, 1.165) is 0 Å². The van der Waals surface area contributed by atoms with Crippen molar-refractivity contribution in [3.8, 4) is 0 Å². The Labute approximate surface area is 175 Å². The van der Waals surface area contributed by atoms with E-state index in [1.165, 1.54) is 20.8 Å². The van der Waals surface area contributed by atoms with Crippen LogP contribution in [0.3, 0.4) is 0 Å². The summed E-state index contributed by atoms with van der Waals surface area (Å²) in [6.07, 6.45) is -3.31. The first-order valence-electron chi connectivity index (χ1n) is 8.74. The summed E-state index contributed by atoms with van der Waals surface area (Å²) < 4.78 is 0. The van der Waals surface area contributed by atoms with Crippen LogP contribution in [-0.4, -0.2) is 102 Å². The van der Waals surface area contributed by atoms with Gasteiger partial charge in [-0.15, -0.1) is 0 Å². The largest absolute Gasteiger partial charge is 0.480 e. The minimum atomic E-state index is -1.18. The maximum absolute atomic E-state index is 9.86. The van der Waals surface area contributed by atoms with Crippen molar-refractivity contribution in [2.45, 2.75) is 83.2 Å². The number of carboxylic acid groups (broad SMARTS) is 3. The number of carboxylic acids is 3. The molecule has 0 heterocycles. The number of hydrogen-bond acceptors (Lipinski definition) is 11. The molecule has 0 radical (unpaired) electrons. The third kappa shape index (κ3) is 24.1. The quantitative estimate of drug-likeness (QED) is 0.178. The van der Waals surface area contributed by atoms with Gasteiger partial charge >= 0.3 is 17.9 Å². The SMILES string of the molecule is CC(O)[C@@H](C)N.C[C@@H](O)[C@@H](N)C(=O)O.C[C@@H](O)[C@H](N)C(=O)O.C[C@@H](O)[C@H](N)C(=O)O. The van der Waals surface area contributed by atoms with Crippen LogP contribution in [0.25, 0.3) is 0 Å². The van der Waals surface area contributed by atoms with Gasteiger partial charge in [0, 0.05) is 6.04 Å². The summed E-state index contributed by atoms with van der Waals surface area (Å²) in [5.41, 5.74) is 19.9. The predicted octanol–water partition coefficient (Wildman–Crippen LogP) is -3.95. The second kappa shape index (κ2) is 19.1. The van der Waals surface area contributed by atoms with Gasteiger partial charge in [0.1, 0.15) is 18.1 Å². The fourth-order valence-electron chi connectivity index (χ4n) is 0.619. The van der Waals surface area contributed by atoms with E-state index >= 15 is 0 Å². The molecule has 8 atom stereocenters. The molecule has 0 fully saturated rings. The van der Waals surface area contributed by atoms with Crippen molar-refractivity contribution in [2.75, 3.05) is 0 Å². The molecule has 0 aliphatic rings. The van der Waals surface area contributed by atoms with Gasteiger partial charge in [0.15, 0.2) is 0 Å². The van der Waals surface area contributed by atoms with Crippen LogP contribution in [-0.2, 0) is 14.4 Å². The maximum atomic E-state index is 9.86. The summed E-state index contributed by atoms with van der Waals surface area (Å²) in [4.78, 5) is 29.6. The lowest BCUT2D eigenvalue weighted by Gasteiger charge is -2.07. The highest BCUT2D eigenvalue weighted by Crippen LogP contribution is 1.87. The molecule has 0 spiro atoms. The van der Waals surface area contributed by atoms with Gasteiger partial charge in [0.25, 0.3) is 0 Å². The lowest BCUT2D eigenvalue weighted by atomic mass is 10.2. The number of carbonyl (C=O) groups is 3. The van der Waals surface area contributed by atoms with E-state index in [-0.39, 0.29) is 12.1 Å². The Hall–Kier alpha value is -1.91. The summed E-state index contributed by atoms with van der Waals surface area (Å²) >= 11 is 0. The monoisotopic (exact) mass is 446 g/mol. The van der Waals surface area contributed by atoms with E-state index in [1.807, 2.05) is 0 Å². The zero-order valence-electron chi connectivity index (χ0n) is 17.8. The molecule has 0 aromatic carbocycles. The van der Waals surface area contributed by atoms with Crippen molar-refractivity contribution < 1.29 is 50.1 Å². The Morgan fingerprint density at radius 1 is 0.500 bits per heavy atom. The van der Waals surface area contributed by atoms with E-state index in [9.17, 15) is 14.4 Å². The number of aliphatic hydroxyl groups is 4. The molecule has 0 amide bonds. The molecule has 182 valence electrons. The van der Waals surface area contributed by atoms with Crippen LogP contribution in [0.4, 0.5) is 0 Å². The molecule has 15 N–H and O–H groups in total. The molecular weight excluding hydrogens is 408 g/mol. The normalized spacial score (nSPS) is 17.9. The van der Waals surface area contributed by atoms with Crippen molar-refractivity contribution >= 4 is 17.9 Å². The molecule has 0 saturated heterocycles. The minimum Gasteiger partial charge on any atom is -0.480 e. The zero-order chi connectivity index (χ0) is 25.4. The van der Waals surface area contributed by atoms with E-state index in [2.05, 4.69) is 0 Å². The molecule has 0 aliphatic carbocycles. The molecule has 14 nitrogen and oxygen atoms in total. The van der Waals surface area contributed by atoms with Crippen molar-refractivity contribution in [1.82, 2.24) is 0 Å². The Balaban J connectivity index is -0.000000151. The molecule has 0 rings (SSSR count). The fourth-order valence-corrected chi connectivity index (χ4v) is 0.619. The van der Waals surface area contributed by atoms with Crippen LogP contribution in [0.5, 0.6) is 0 Å². The number of rotatable bonds is 7. The molecule has 30 heavy (non-hydrogen) atoms. The van der Waals surface area contributed by atoms with Gasteiger partial charge < -0.3 is 58.7 Å². The Morgan fingerprint density at radius 3 is 0.633 bits per heavy atom. The summed E-state index contributed by atoms with van der Waals surface area (Å²) in [7, 11) is 0. The minimum absolute atomic E-state index is 0.0926. The van der Waals surface area contributed by atoms with Gasteiger partial charge in [-0.05, 0) is 34.6 Å². The zero-order valence-corrected chi connectivity index (χ0v) is 17.8. The van der Waals surface area contributed by atoms with Crippen molar-refractivity contribution in [3.63, 3.8) is 0 Å². The van der Waals surface area contributed by atoms with Gasteiger partial charge in [-0.2, -0.15) is 0 Å². The van der Waals surface area contributed by atoms with Crippen LogP contribution < -0.4 is 22.9 Å². The smallest absolute Gasteiger partial charge is 0.323 e. The molecule has 0 bridgehead atoms. The standard InChI is InChI=1S/3C4H9NO3.C4H11NO/c3*1-2(6)3(5)4(7)8;1-3(5)4(2)6/h3*2-3,6H,5H2,1H3,(H,7,8);3-4,6H,5H2,1-2H3/t2*2-,3+;2-,3-;3-,4?/m1111/s1. The van der Waals surface area contributed by atoms with Crippen molar-refractivity contribution in [1.29, 1.82) is 0 Å². The van der Waals surface area contributed by atoms with Crippen molar-refractivity contribution in [2.24, 2.45) is 22.9 Å². The molecule has 0 saturated carbocycles. The number of hydrogen-bond donors (Lipinski definition) is 11. The number of aliphatic carboxylic acids is 3. The first kappa shape index (κ1) is 35.5. The number of aliphatic hydroxyl groups excluding tert-OH is 4. The third-order valence-electron chi connectivity index (χ3n) is 3.18. The van der Waals surface area contributed by atoms with Crippen LogP contribution in [0, 0.1) is 0 Å². The number of nitrogens with two attached hydrogens (primary N) is 4. The highest BCUT2D eigenvalue weighted by atomic mass is 16.4. The van der Waals surface area contributed by atoms with Gasteiger partial charge in [-0.1, -0.05) is 0 Å². The topological polar surface area (TPSA) is 297 Å². The highest BCUT2D eigenvalue weighted by molar-refractivity contribution is 5.74. The molecule has 1 unspecified atom stereocenters. The maximum Gasteiger partial charge on any atom is 0.323 e. The third-order valence-corrected chi connectivity index (χ3v) is 3.18. The molecule has 14 heteroatoms. The Bertz CT molecular complexity index is 410. The highest BCUT2D eigenvalue weighted by Gasteiger charge is 2.17. The Morgan fingerprint density at radius 2 is 0.633 bits per heavy atom. The van der Waals surface area contributed by atoms with Gasteiger partial charge in [0.2, 0.25) is 0 Å². The molecule has 0 aromatic heterocycles. The summed E-state index contributed by atoms with van der Waals surface area (Å²) in [5.74, 6) is -3.54.